The average molecular weight is 136 g/mol. The minimum Gasteiger partial charge on any atom is -0.269 e. The molecule has 2 rings (SSSR count). The van der Waals surface area contributed by atoms with Crippen LogP contribution in [0.2, 0.25) is 0 Å². The van der Waals surface area contributed by atoms with Crippen molar-refractivity contribution in [3.63, 3.8) is 0 Å². The van der Waals surface area contributed by atoms with Gasteiger partial charge in [0.25, 0.3) is 0 Å². The first-order valence-electron chi connectivity index (χ1n) is 3.56. The van der Waals surface area contributed by atoms with Crippen LogP contribution in [0.5, 0.6) is 0 Å². The molecule has 1 aliphatic carbocycles. The summed E-state index contributed by atoms with van der Waals surface area (Å²) in [4.78, 5) is 0. The number of allylic oxidation sites excluding steroid dienone is 1. The second-order valence-electron chi connectivity index (χ2n) is 2.66. The van der Waals surface area contributed by atoms with Crippen molar-refractivity contribution in [2.45, 2.75) is 12.8 Å². The van der Waals surface area contributed by atoms with Gasteiger partial charge in [-0.1, -0.05) is 31.0 Å². The third-order valence-electron chi connectivity index (χ3n) is 1.95. The zero-order valence-corrected chi connectivity index (χ0v) is 6.96. The number of fused-ring (bicyclic) bond motifs is 1. The van der Waals surface area contributed by atoms with Crippen LogP contribution in [0.3, 0.4) is 0 Å². The Labute approximate surface area is 79.5 Å². The van der Waals surface area contributed by atoms with Crippen molar-refractivity contribution in [2.75, 3.05) is 0 Å². The van der Waals surface area contributed by atoms with E-state index in [0.29, 0.717) is 5.92 Å². The first-order chi connectivity index (χ1) is 4.88. The molecule has 0 spiro atoms. The molecule has 1 atom stereocenters. The van der Waals surface area contributed by atoms with Crippen molar-refractivity contribution in [1.29, 1.82) is 0 Å². The summed E-state index contributed by atoms with van der Waals surface area (Å²) in [6.45, 7) is 2.17. The van der Waals surface area contributed by atoms with Gasteiger partial charge in [-0.2, -0.15) is 5.56 Å². The molecule has 0 saturated heterocycles. The van der Waals surface area contributed by atoms with Crippen molar-refractivity contribution >= 4 is 6.08 Å². The van der Waals surface area contributed by atoms with Gasteiger partial charge in [-0.15, -0.1) is 11.6 Å². The fourth-order valence-electron chi connectivity index (χ4n) is 1.34. The van der Waals surface area contributed by atoms with Crippen molar-refractivity contribution < 1.29 is 18.9 Å². The summed E-state index contributed by atoms with van der Waals surface area (Å²) < 4.78 is 0. The molecular formula is C10H9Li. The third kappa shape index (κ3) is 1.43. The zero-order chi connectivity index (χ0) is 6.97. The Morgan fingerprint density at radius 1 is 1.27 bits per heavy atom. The summed E-state index contributed by atoms with van der Waals surface area (Å²) in [5, 5.41) is 0. The SMILES string of the molecule is CC1[C-]=Cc2ccccc21.[Li+]. The fraction of sp³-hybridized carbons (Fsp3) is 0.200. The quantitative estimate of drug-likeness (QED) is 0.337. The Kier molecular flexibility index (Phi) is 2.60. The molecule has 1 aromatic carbocycles. The van der Waals surface area contributed by atoms with Crippen molar-refractivity contribution in [3.8, 4) is 0 Å². The minimum atomic E-state index is 0. The molecular weight excluding hydrogens is 127 g/mol. The molecule has 1 aromatic rings. The summed E-state index contributed by atoms with van der Waals surface area (Å²) >= 11 is 0. The number of hydrogen-bond donors (Lipinski definition) is 0. The van der Waals surface area contributed by atoms with Crippen LogP contribution in [0.1, 0.15) is 24.0 Å². The Balaban J connectivity index is 0.000000605. The molecule has 50 valence electrons. The van der Waals surface area contributed by atoms with Gasteiger partial charge in [-0.25, -0.2) is 6.08 Å². The molecule has 0 fully saturated rings. The molecule has 1 unspecified atom stereocenters. The van der Waals surface area contributed by atoms with Crippen molar-refractivity contribution in [1.82, 2.24) is 0 Å². The monoisotopic (exact) mass is 136 g/mol. The smallest absolute Gasteiger partial charge is 0.269 e. The molecule has 0 N–H and O–H groups in total. The summed E-state index contributed by atoms with van der Waals surface area (Å²) in [5.74, 6) is 0.496. The largest absolute Gasteiger partial charge is 1.00 e. The molecule has 0 heterocycles. The maximum atomic E-state index is 3.26. The van der Waals surface area contributed by atoms with Gasteiger partial charge in [0.05, 0.1) is 0 Å². The van der Waals surface area contributed by atoms with E-state index in [1.165, 1.54) is 11.1 Å². The van der Waals surface area contributed by atoms with Crippen LogP contribution in [0.25, 0.3) is 6.08 Å². The first-order valence-corrected chi connectivity index (χ1v) is 3.56. The summed E-state index contributed by atoms with van der Waals surface area (Å²) in [7, 11) is 0. The van der Waals surface area contributed by atoms with Crippen molar-refractivity contribution in [3.05, 3.63) is 41.5 Å². The standard InChI is InChI=1S/C10H9.Li/c1-8-6-7-9-4-2-3-5-10(8)9;/h2-5,7-8H,1H3;/q-1;+1. The Morgan fingerprint density at radius 3 is 2.73 bits per heavy atom. The van der Waals surface area contributed by atoms with E-state index >= 15 is 0 Å². The predicted molar refractivity (Wildman–Crippen MR) is 42.6 cm³/mol. The van der Waals surface area contributed by atoms with Gasteiger partial charge in [0, 0.05) is 0 Å². The molecule has 0 aromatic heterocycles. The van der Waals surface area contributed by atoms with E-state index in [9.17, 15) is 0 Å². The Hall–Kier alpha value is -0.443. The molecule has 0 saturated carbocycles. The Morgan fingerprint density at radius 2 is 2.00 bits per heavy atom. The summed E-state index contributed by atoms with van der Waals surface area (Å²) in [5.41, 5.74) is 2.73. The number of benzene rings is 1. The van der Waals surface area contributed by atoms with Crippen LogP contribution in [0.15, 0.2) is 24.3 Å². The van der Waals surface area contributed by atoms with E-state index in [0.717, 1.165) is 0 Å². The molecule has 0 nitrogen and oxygen atoms in total. The normalized spacial score (nSPS) is 19.2. The van der Waals surface area contributed by atoms with E-state index in [4.69, 9.17) is 0 Å². The van der Waals surface area contributed by atoms with Gasteiger partial charge in [0.2, 0.25) is 0 Å². The predicted octanol–water partition coefficient (Wildman–Crippen LogP) is -0.376. The van der Waals surface area contributed by atoms with Gasteiger partial charge in [-0.3, -0.25) is 6.08 Å². The Bertz CT molecular complexity index is 276. The van der Waals surface area contributed by atoms with E-state index in [1.54, 1.807) is 0 Å². The van der Waals surface area contributed by atoms with Gasteiger partial charge in [-0.05, 0) is 0 Å². The minimum absolute atomic E-state index is 0. The third-order valence-corrected chi connectivity index (χ3v) is 1.95. The van der Waals surface area contributed by atoms with Gasteiger partial charge >= 0.3 is 18.9 Å². The molecule has 1 heteroatoms. The van der Waals surface area contributed by atoms with Crippen LogP contribution in [-0.4, -0.2) is 0 Å². The second-order valence-corrected chi connectivity index (χ2v) is 2.66. The van der Waals surface area contributed by atoms with E-state index in [-0.39, 0.29) is 18.9 Å². The molecule has 0 aliphatic heterocycles. The van der Waals surface area contributed by atoms with Crippen LogP contribution in [0.4, 0.5) is 0 Å². The second kappa shape index (κ2) is 3.30. The van der Waals surface area contributed by atoms with E-state index < -0.39 is 0 Å². The molecule has 0 radical (unpaired) electrons. The number of hydrogen-bond acceptors (Lipinski definition) is 0. The summed E-state index contributed by atoms with van der Waals surface area (Å²) in [6.07, 6.45) is 5.33. The van der Waals surface area contributed by atoms with Crippen LogP contribution < -0.4 is 18.9 Å². The summed E-state index contributed by atoms with van der Waals surface area (Å²) in [6, 6.07) is 8.44. The van der Waals surface area contributed by atoms with Gasteiger partial charge < -0.3 is 0 Å². The first kappa shape index (κ1) is 8.65. The molecule has 11 heavy (non-hydrogen) atoms. The molecule has 1 aliphatic rings. The van der Waals surface area contributed by atoms with E-state index in [2.05, 4.69) is 43.3 Å². The number of rotatable bonds is 0. The maximum Gasteiger partial charge on any atom is 1.00 e. The van der Waals surface area contributed by atoms with Crippen LogP contribution in [-0.2, 0) is 0 Å². The van der Waals surface area contributed by atoms with Crippen LogP contribution >= 0.6 is 0 Å². The van der Waals surface area contributed by atoms with Crippen LogP contribution in [0, 0.1) is 6.08 Å². The van der Waals surface area contributed by atoms with Gasteiger partial charge in [0.1, 0.15) is 0 Å². The zero-order valence-electron chi connectivity index (χ0n) is 6.96. The fourth-order valence-corrected chi connectivity index (χ4v) is 1.34. The van der Waals surface area contributed by atoms with Crippen molar-refractivity contribution in [2.24, 2.45) is 0 Å². The maximum absolute atomic E-state index is 3.26. The average Bonchev–Trinajstić information content (AvgIpc) is 2.34. The van der Waals surface area contributed by atoms with Gasteiger partial charge in [0.15, 0.2) is 0 Å². The molecule has 0 bridgehead atoms. The topological polar surface area (TPSA) is 0 Å². The molecule has 0 amide bonds. The van der Waals surface area contributed by atoms with E-state index in [1.807, 2.05) is 0 Å².